The lowest BCUT2D eigenvalue weighted by Gasteiger charge is -2.38. The number of nitrogens with zero attached hydrogens (tertiary/aromatic N) is 1. The molecule has 0 saturated carbocycles. The van der Waals surface area contributed by atoms with Gasteiger partial charge in [0.15, 0.2) is 0 Å². The molecule has 2 heterocycles. The van der Waals surface area contributed by atoms with Crippen LogP contribution in [0.1, 0.15) is 89.5 Å². The fraction of sp³-hybridized carbons (Fsp3) is 0.481. The lowest BCUT2D eigenvalue weighted by atomic mass is 9.93. The van der Waals surface area contributed by atoms with Crippen LogP contribution in [-0.4, -0.2) is 105 Å². The van der Waals surface area contributed by atoms with Crippen LogP contribution in [0.15, 0.2) is 85.1 Å². The zero-order valence-corrected chi connectivity index (χ0v) is 41.1. The van der Waals surface area contributed by atoms with Crippen molar-refractivity contribution >= 4 is 52.3 Å². The summed E-state index contributed by atoms with van der Waals surface area (Å²) in [6, 6.07) is 16.8. The Labute approximate surface area is 410 Å². The predicted octanol–water partition coefficient (Wildman–Crippen LogP) is 2.73. The van der Waals surface area contributed by atoms with Crippen molar-refractivity contribution in [3.8, 4) is 0 Å². The Kier molecular flexibility index (Phi) is 20.0. The fourth-order valence-corrected chi connectivity index (χ4v) is 8.61. The number of carbonyl (C=O) groups is 7. The van der Waals surface area contributed by atoms with Gasteiger partial charge in [0.25, 0.3) is 5.91 Å². The molecule has 0 aliphatic carbocycles. The molecule has 0 bridgehead atoms. The summed E-state index contributed by atoms with van der Waals surface area (Å²) < 4.78 is 0. The number of nitrogens with one attached hydrogen (secondary N) is 7. The van der Waals surface area contributed by atoms with Gasteiger partial charge in [-0.2, -0.15) is 0 Å². The molecule has 0 unspecified atom stereocenters. The van der Waals surface area contributed by atoms with Crippen molar-refractivity contribution in [2.75, 3.05) is 6.54 Å². The number of benzene rings is 3. The molecule has 18 nitrogen and oxygen atoms in total. The molecule has 0 saturated heterocycles. The van der Waals surface area contributed by atoms with Gasteiger partial charge in [-0.1, -0.05) is 114 Å². The van der Waals surface area contributed by atoms with Crippen molar-refractivity contribution in [3.63, 3.8) is 0 Å². The van der Waals surface area contributed by atoms with Crippen molar-refractivity contribution in [1.82, 2.24) is 42.0 Å². The largest absolute Gasteiger partial charge is 0.480 e. The molecular formula is C52H72N10O8. The average molecular weight is 965 g/mol. The maximum atomic E-state index is 14.5. The normalized spacial score (nSPS) is 16.3. The third-order valence-electron chi connectivity index (χ3n) is 12.6. The molecule has 1 aromatic heterocycles. The van der Waals surface area contributed by atoms with Crippen molar-refractivity contribution in [2.45, 2.75) is 135 Å². The van der Waals surface area contributed by atoms with Crippen LogP contribution in [0, 0.1) is 17.8 Å². The zero-order valence-electron chi connectivity index (χ0n) is 41.1. The molecule has 18 heteroatoms. The van der Waals surface area contributed by atoms with Gasteiger partial charge >= 0.3 is 5.97 Å². The van der Waals surface area contributed by atoms with Gasteiger partial charge in [-0.15, -0.1) is 0 Å². The minimum atomic E-state index is -1.19. The van der Waals surface area contributed by atoms with Crippen LogP contribution in [-0.2, 0) is 59.4 Å². The first-order valence-electron chi connectivity index (χ1n) is 24.3. The number of hydrazine groups is 1. The first-order chi connectivity index (χ1) is 33.4. The number of carboxylic acid groups (broad SMARTS) is 1. The Morgan fingerprint density at radius 1 is 0.671 bits per heavy atom. The van der Waals surface area contributed by atoms with Gasteiger partial charge in [-0.25, -0.2) is 9.80 Å². The summed E-state index contributed by atoms with van der Waals surface area (Å²) >= 11 is 0. The molecule has 0 radical (unpaired) electrons. The number of aliphatic carboxylic acids is 1. The minimum Gasteiger partial charge on any atom is -0.480 e. The number of carboxylic acids is 1. The van der Waals surface area contributed by atoms with Crippen LogP contribution in [0.3, 0.4) is 0 Å². The highest BCUT2D eigenvalue weighted by Crippen LogP contribution is 2.24. The van der Waals surface area contributed by atoms with Crippen LogP contribution < -0.4 is 43.5 Å². The lowest BCUT2D eigenvalue weighted by Crippen LogP contribution is -2.64. The Morgan fingerprint density at radius 3 is 1.93 bits per heavy atom. The Balaban J connectivity index is 1.32. The van der Waals surface area contributed by atoms with E-state index in [1.807, 2.05) is 98.9 Å². The number of hydrogen-bond donors (Lipinski definition) is 10. The van der Waals surface area contributed by atoms with Crippen LogP contribution in [0.4, 0.5) is 0 Å². The molecule has 6 amide bonds. The van der Waals surface area contributed by atoms with Gasteiger partial charge in [0.2, 0.25) is 29.5 Å². The van der Waals surface area contributed by atoms with E-state index in [-0.39, 0.29) is 44.6 Å². The van der Waals surface area contributed by atoms with Gasteiger partial charge in [0, 0.05) is 30.1 Å². The zero-order chi connectivity index (χ0) is 51.1. The summed E-state index contributed by atoms with van der Waals surface area (Å²) in [5.41, 5.74) is 19.4. The van der Waals surface area contributed by atoms with E-state index in [1.54, 1.807) is 27.7 Å². The van der Waals surface area contributed by atoms with Gasteiger partial charge in [-0.05, 0) is 91.1 Å². The van der Waals surface area contributed by atoms with Crippen molar-refractivity contribution < 1.29 is 38.7 Å². The highest BCUT2D eigenvalue weighted by molar-refractivity contribution is 5.96. The van der Waals surface area contributed by atoms with E-state index in [1.165, 1.54) is 5.01 Å². The number of amides is 6. The molecule has 5 rings (SSSR count). The summed E-state index contributed by atoms with van der Waals surface area (Å²) in [6.45, 7) is 11.1. The molecular weight excluding hydrogens is 893 g/mol. The quantitative estimate of drug-likeness (QED) is 0.0431. The van der Waals surface area contributed by atoms with Crippen LogP contribution in [0.5, 0.6) is 0 Å². The van der Waals surface area contributed by atoms with E-state index in [4.69, 9.17) is 11.5 Å². The summed E-state index contributed by atoms with van der Waals surface area (Å²) in [5.74, 6) is -5.80. The van der Waals surface area contributed by atoms with Crippen LogP contribution in [0.2, 0.25) is 0 Å². The highest BCUT2D eigenvalue weighted by atomic mass is 16.4. The number of aromatic nitrogens is 1. The van der Waals surface area contributed by atoms with Gasteiger partial charge < -0.3 is 48.1 Å². The summed E-state index contributed by atoms with van der Waals surface area (Å²) in [6.07, 6.45) is 3.74. The Bertz CT molecular complexity index is 2420. The highest BCUT2D eigenvalue weighted by Gasteiger charge is 2.39. The smallest absolute Gasteiger partial charge is 0.326 e. The molecule has 1 aliphatic rings. The maximum absolute atomic E-state index is 14.5. The topological polar surface area (TPSA) is 283 Å². The van der Waals surface area contributed by atoms with E-state index in [9.17, 15) is 38.7 Å². The second-order valence-corrected chi connectivity index (χ2v) is 19.3. The second-order valence-electron chi connectivity index (χ2n) is 19.3. The average Bonchev–Trinajstić information content (AvgIpc) is 3.73. The number of hydrogen-bond acceptors (Lipinski definition) is 10. The number of rotatable bonds is 25. The van der Waals surface area contributed by atoms with Gasteiger partial charge in [0.05, 0.1) is 6.04 Å². The van der Waals surface area contributed by atoms with Crippen LogP contribution >= 0.6 is 0 Å². The molecule has 7 atom stereocenters. The van der Waals surface area contributed by atoms with Gasteiger partial charge in [0.1, 0.15) is 36.3 Å². The minimum absolute atomic E-state index is 0.0262. The first-order valence-corrected chi connectivity index (χ1v) is 24.3. The third-order valence-corrected chi connectivity index (χ3v) is 12.6. The second kappa shape index (κ2) is 25.8. The summed E-state index contributed by atoms with van der Waals surface area (Å²) in [4.78, 5) is 99.6. The first kappa shape index (κ1) is 54.3. The predicted molar refractivity (Wildman–Crippen MR) is 267 cm³/mol. The van der Waals surface area contributed by atoms with E-state index in [0.29, 0.717) is 19.4 Å². The third kappa shape index (κ3) is 15.2. The van der Waals surface area contributed by atoms with Gasteiger partial charge in [-0.3, -0.25) is 34.2 Å². The Hall–Kier alpha value is -6.63. The number of para-hydroxylation sites is 1. The number of carbonyl (C=O) groups excluding carboxylic acids is 6. The van der Waals surface area contributed by atoms with Crippen molar-refractivity contribution in [2.24, 2.45) is 29.2 Å². The number of fused-ring (bicyclic) bond motifs is 2. The molecule has 3 aromatic carbocycles. The monoisotopic (exact) mass is 965 g/mol. The molecule has 378 valence electrons. The standard InChI is InChI=1S/C52H72N10O8/c1-30(2)24-42(52(69)70)58-47(64)40(22-14-15-23-53)56-50(67)44(31(3)4)60-51(68)45(32(5)6)59-49(66)43-27-34-18-10-11-19-35(34)29-62(43)61-48(65)41(25-33-16-8-7-9-17-33)57-46(63)38(54)26-36-28-55-39-21-13-12-20-37(36)39/h7-13,16-21,28,30-32,38,40-45,55H,14-15,22-27,29,53-54H2,1-6H3,(H,56,67)(H,57,63)(H,58,64)(H,59,66)(H,60,68)(H,61,65)(H,69,70)/t38-,40-,41-,42-,43+,44-,45-/m1/s1. The summed E-state index contributed by atoms with van der Waals surface area (Å²) in [7, 11) is 0. The van der Waals surface area contributed by atoms with Crippen molar-refractivity contribution in [3.05, 3.63) is 107 Å². The number of H-pyrrole nitrogens is 1. The SMILES string of the molecule is CC(C)C[C@@H](NC(=O)[C@@H](CCCCN)NC(=O)[C@H](NC(=O)[C@H](NC(=O)[C@@H]1Cc2ccccc2CN1NC(=O)[C@@H](Cc1ccccc1)NC(=O)[C@H](N)Cc1c[nH]c2ccccc12)C(C)C)C(C)C)C(=O)O. The number of aromatic amines is 1. The molecule has 0 spiro atoms. The molecule has 70 heavy (non-hydrogen) atoms. The summed E-state index contributed by atoms with van der Waals surface area (Å²) in [5, 5.41) is 26.1. The lowest BCUT2D eigenvalue weighted by molar-refractivity contribution is -0.143. The Morgan fingerprint density at radius 2 is 1.27 bits per heavy atom. The van der Waals surface area contributed by atoms with Crippen LogP contribution in [0.25, 0.3) is 10.9 Å². The van der Waals surface area contributed by atoms with E-state index >= 15 is 0 Å². The molecule has 1 aliphatic heterocycles. The number of nitrogens with two attached hydrogens (primary N) is 2. The van der Waals surface area contributed by atoms with E-state index in [0.717, 1.165) is 33.2 Å². The van der Waals surface area contributed by atoms with Crippen molar-refractivity contribution in [1.29, 1.82) is 0 Å². The maximum Gasteiger partial charge on any atom is 0.326 e. The van der Waals surface area contributed by atoms with E-state index < -0.39 is 95.5 Å². The number of unbranched alkanes of at least 4 members (excludes halogenated alkanes) is 1. The molecule has 4 aromatic rings. The molecule has 12 N–H and O–H groups in total. The van der Waals surface area contributed by atoms with E-state index in [2.05, 4.69) is 37.0 Å². The molecule has 0 fully saturated rings. The fourth-order valence-electron chi connectivity index (χ4n) is 8.61.